The predicted octanol–water partition coefficient (Wildman–Crippen LogP) is 4.35. The Morgan fingerprint density at radius 1 is 0.960 bits per heavy atom. The van der Waals surface area contributed by atoms with Crippen molar-refractivity contribution in [1.29, 1.82) is 0 Å². The lowest BCUT2D eigenvalue weighted by Gasteiger charge is -2.29. The van der Waals surface area contributed by atoms with E-state index in [-0.39, 0.29) is 5.57 Å². The van der Waals surface area contributed by atoms with Crippen LogP contribution in [0.2, 0.25) is 5.02 Å². The number of hydrogen-bond donors (Lipinski definition) is 0. The van der Waals surface area contributed by atoms with Gasteiger partial charge in [-0.2, -0.15) is 0 Å². The van der Waals surface area contributed by atoms with Gasteiger partial charge < -0.3 is 14.2 Å². The summed E-state index contributed by atoms with van der Waals surface area (Å²) in [4.78, 5) is 23.9. The van der Waals surface area contributed by atoms with Crippen LogP contribution < -0.4 is 4.74 Å². The van der Waals surface area contributed by atoms with Crippen molar-refractivity contribution in [3.63, 3.8) is 0 Å². The van der Waals surface area contributed by atoms with Gasteiger partial charge >= 0.3 is 11.9 Å². The molecule has 0 unspecified atom stereocenters. The van der Waals surface area contributed by atoms with Crippen LogP contribution in [-0.4, -0.2) is 17.7 Å². The number of benzene rings is 2. The van der Waals surface area contributed by atoms with Gasteiger partial charge in [0, 0.05) is 13.8 Å². The Bertz CT molecular complexity index is 830. The molecule has 0 radical (unpaired) electrons. The van der Waals surface area contributed by atoms with Gasteiger partial charge in [0.15, 0.2) is 0 Å². The molecule has 0 aromatic heterocycles. The minimum Gasteiger partial charge on any atom is -0.456 e. The number of rotatable bonds is 3. The highest BCUT2D eigenvalue weighted by Gasteiger charge is 2.38. The first-order valence-electron chi connectivity index (χ1n) is 7.55. The zero-order valence-corrected chi connectivity index (χ0v) is 14.4. The van der Waals surface area contributed by atoms with Crippen LogP contribution in [0.15, 0.2) is 54.1 Å². The van der Waals surface area contributed by atoms with Crippen LogP contribution in [0.25, 0.3) is 6.08 Å². The average molecular weight is 359 g/mol. The van der Waals surface area contributed by atoms with Crippen LogP contribution in [0.1, 0.15) is 19.4 Å². The standard InChI is InChI=1S/C19H15ClO5/c1-19(2)24-17(21)14(18(22)25-19)11-12-7-9-13(10-8-12)23-16-6-4-3-5-15(16)20/h3-11H,1-2H3. The second-order valence-corrected chi connectivity index (χ2v) is 6.25. The molecule has 1 heterocycles. The molecule has 1 saturated heterocycles. The third-order valence-electron chi connectivity index (χ3n) is 3.37. The normalized spacial score (nSPS) is 16.0. The molecule has 0 N–H and O–H groups in total. The Labute approximate surface area is 149 Å². The lowest BCUT2D eigenvalue weighted by molar-refractivity contribution is -0.222. The molecule has 0 amide bonds. The Morgan fingerprint density at radius 2 is 1.56 bits per heavy atom. The molecule has 6 heteroatoms. The SMILES string of the molecule is CC1(C)OC(=O)C(=Cc2ccc(Oc3ccccc3Cl)cc2)C(=O)O1. The van der Waals surface area contributed by atoms with Gasteiger partial charge in [-0.1, -0.05) is 35.9 Å². The summed E-state index contributed by atoms with van der Waals surface area (Å²) in [6, 6.07) is 14.0. The molecule has 1 aliphatic rings. The summed E-state index contributed by atoms with van der Waals surface area (Å²) < 4.78 is 15.8. The summed E-state index contributed by atoms with van der Waals surface area (Å²) in [5.74, 6) is -1.56. The van der Waals surface area contributed by atoms with Crippen molar-refractivity contribution in [2.75, 3.05) is 0 Å². The molecular weight excluding hydrogens is 344 g/mol. The first-order valence-corrected chi connectivity index (χ1v) is 7.93. The molecule has 0 atom stereocenters. The van der Waals surface area contributed by atoms with Crippen molar-refractivity contribution < 1.29 is 23.8 Å². The Morgan fingerprint density at radius 3 is 2.16 bits per heavy atom. The van der Waals surface area contributed by atoms with E-state index in [1.807, 2.05) is 12.1 Å². The maximum atomic E-state index is 11.9. The number of para-hydroxylation sites is 1. The van der Waals surface area contributed by atoms with E-state index in [0.29, 0.717) is 22.1 Å². The molecule has 1 aliphatic heterocycles. The lowest BCUT2D eigenvalue weighted by Crippen LogP contribution is -2.41. The summed E-state index contributed by atoms with van der Waals surface area (Å²) in [5, 5.41) is 0.504. The Hall–Kier alpha value is -2.79. The van der Waals surface area contributed by atoms with Crippen molar-refractivity contribution in [3.05, 3.63) is 64.7 Å². The number of carbonyl (C=O) groups is 2. The molecule has 5 nitrogen and oxygen atoms in total. The molecule has 2 aromatic carbocycles. The largest absolute Gasteiger partial charge is 0.456 e. The van der Waals surface area contributed by atoms with Gasteiger partial charge in [0.1, 0.15) is 17.1 Å². The van der Waals surface area contributed by atoms with Gasteiger partial charge in [-0.15, -0.1) is 0 Å². The topological polar surface area (TPSA) is 61.8 Å². The molecule has 0 bridgehead atoms. The Balaban J connectivity index is 1.78. The van der Waals surface area contributed by atoms with Crippen LogP contribution in [-0.2, 0) is 19.1 Å². The maximum Gasteiger partial charge on any atom is 0.348 e. The minimum absolute atomic E-state index is 0.154. The van der Waals surface area contributed by atoms with Crippen LogP contribution in [0.5, 0.6) is 11.5 Å². The van der Waals surface area contributed by atoms with Crippen molar-refractivity contribution in [2.24, 2.45) is 0 Å². The zero-order chi connectivity index (χ0) is 18.0. The van der Waals surface area contributed by atoms with Crippen LogP contribution in [0.3, 0.4) is 0 Å². The molecule has 2 aromatic rings. The maximum absolute atomic E-state index is 11.9. The minimum atomic E-state index is -1.25. The molecular formula is C19H15ClO5. The second kappa shape index (κ2) is 6.61. The Kier molecular flexibility index (Phi) is 4.51. The number of carbonyl (C=O) groups excluding carboxylic acids is 2. The van der Waals surface area contributed by atoms with E-state index in [2.05, 4.69) is 0 Å². The van der Waals surface area contributed by atoms with Crippen molar-refractivity contribution in [2.45, 2.75) is 19.6 Å². The van der Waals surface area contributed by atoms with Gasteiger partial charge in [-0.25, -0.2) is 9.59 Å². The highest BCUT2D eigenvalue weighted by molar-refractivity contribution is 6.32. The summed E-state index contributed by atoms with van der Waals surface area (Å²) in [6.45, 7) is 3.00. The monoisotopic (exact) mass is 358 g/mol. The van der Waals surface area contributed by atoms with Gasteiger partial charge in [0.2, 0.25) is 0 Å². The number of cyclic esters (lactones) is 2. The summed E-state index contributed by atoms with van der Waals surface area (Å²) >= 11 is 6.05. The molecule has 0 aliphatic carbocycles. The highest BCUT2D eigenvalue weighted by atomic mass is 35.5. The number of hydrogen-bond acceptors (Lipinski definition) is 5. The van der Waals surface area contributed by atoms with E-state index < -0.39 is 17.7 Å². The van der Waals surface area contributed by atoms with E-state index in [1.54, 1.807) is 36.4 Å². The molecule has 1 fully saturated rings. The summed E-state index contributed by atoms with van der Waals surface area (Å²) in [5.41, 5.74) is 0.481. The van der Waals surface area contributed by atoms with Gasteiger partial charge in [-0.05, 0) is 35.9 Å². The van der Waals surface area contributed by atoms with Gasteiger partial charge in [0.05, 0.1) is 5.02 Å². The van der Waals surface area contributed by atoms with E-state index >= 15 is 0 Å². The number of esters is 2. The van der Waals surface area contributed by atoms with Crippen LogP contribution in [0, 0.1) is 0 Å². The summed E-state index contributed by atoms with van der Waals surface area (Å²) in [7, 11) is 0. The first kappa shape index (κ1) is 17.0. The van der Waals surface area contributed by atoms with E-state index in [1.165, 1.54) is 19.9 Å². The first-order chi connectivity index (χ1) is 11.8. The third-order valence-corrected chi connectivity index (χ3v) is 3.68. The fraction of sp³-hybridized carbons (Fsp3) is 0.158. The smallest absolute Gasteiger partial charge is 0.348 e. The average Bonchev–Trinajstić information content (AvgIpc) is 2.54. The quantitative estimate of drug-likeness (QED) is 0.463. The van der Waals surface area contributed by atoms with Gasteiger partial charge in [0.25, 0.3) is 5.79 Å². The third kappa shape index (κ3) is 4.00. The van der Waals surface area contributed by atoms with Crippen molar-refractivity contribution in [1.82, 2.24) is 0 Å². The molecule has 25 heavy (non-hydrogen) atoms. The fourth-order valence-electron chi connectivity index (χ4n) is 2.23. The summed E-state index contributed by atoms with van der Waals surface area (Å²) in [6.07, 6.45) is 1.42. The van der Waals surface area contributed by atoms with E-state index in [4.69, 9.17) is 25.8 Å². The molecule has 0 spiro atoms. The van der Waals surface area contributed by atoms with Crippen molar-refractivity contribution in [3.8, 4) is 11.5 Å². The van der Waals surface area contributed by atoms with Gasteiger partial charge in [-0.3, -0.25) is 0 Å². The lowest BCUT2D eigenvalue weighted by atomic mass is 10.1. The molecule has 3 rings (SSSR count). The van der Waals surface area contributed by atoms with E-state index in [9.17, 15) is 9.59 Å². The fourth-order valence-corrected chi connectivity index (χ4v) is 2.41. The molecule has 128 valence electrons. The highest BCUT2D eigenvalue weighted by Crippen LogP contribution is 2.29. The second-order valence-electron chi connectivity index (χ2n) is 5.84. The van der Waals surface area contributed by atoms with Crippen LogP contribution in [0.4, 0.5) is 0 Å². The predicted molar refractivity (Wildman–Crippen MR) is 92.2 cm³/mol. The van der Waals surface area contributed by atoms with Crippen LogP contribution >= 0.6 is 11.6 Å². The molecule has 0 saturated carbocycles. The number of halogens is 1. The van der Waals surface area contributed by atoms with E-state index in [0.717, 1.165) is 0 Å². The zero-order valence-electron chi connectivity index (χ0n) is 13.6. The number of ether oxygens (including phenoxy) is 3. The van der Waals surface area contributed by atoms with Crippen molar-refractivity contribution >= 4 is 29.6 Å².